The third-order valence-corrected chi connectivity index (χ3v) is 4.35. The quantitative estimate of drug-likeness (QED) is 0.280. The smallest absolute Gasteiger partial charge is 0.246 e. The number of hydrogen-bond acceptors (Lipinski definition) is 3. The molecule has 0 fully saturated rings. The first-order valence-corrected chi connectivity index (χ1v) is 9.37. The van der Waals surface area contributed by atoms with E-state index in [1.54, 1.807) is 0 Å². The van der Waals surface area contributed by atoms with E-state index < -0.39 is 12.0 Å². The van der Waals surface area contributed by atoms with Crippen molar-refractivity contribution in [3.63, 3.8) is 0 Å². The van der Waals surface area contributed by atoms with Crippen molar-refractivity contribution in [1.29, 1.82) is 0 Å². The van der Waals surface area contributed by atoms with E-state index in [4.69, 9.17) is 10.8 Å². The summed E-state index contributed by atoms with van der Waals surface area (Å²) in [6, 6.07) is 0. The van der Waals surface area contributed by atoms with Gasteiger partial charge in [-0.1, -0.05) is 83.6 Å². The number of hydrogen-bond donors (Lipinski definition) is 3. The minimum Gasteiger partial charge on any atom is -0.396 e. The fourth-order valence-electron chi connectivity index (χ4n) is 2.73. The van der Waals surface area contributed by atoms with E-state index in [1.807, 2.05) is 0 Å². The third-order valence-electron chi connectivity index (χ3n) is 4.35. The predicted molar refractivity (Wildman–Crippen MR) is 96.1 cm³/mol. The summed E-state index contributed by atoms with van der Waals surface area (Å²) in [6.07, 6.45) is 15.5. The van der Waals surface area contributed by atoms with Gasteiger partial charge in [0.2, 0.25) is 5.91 Å². The van der Waals surface area contributed by atoms with Crippen LogP contribution in [-0.4, -0.2) is 28.8 Å². The zero-order valence-corrected chi connectivity index (χ0v) is 14.8. The van der Waals surface area contributed by atoms with Crippen LogP contribution in [0.25, 0.3) is 0 Å². The van der Waals surface area contributed by atoms with Crippen LogP contribution in [0.15, 0.2) is 12.2 Å². The lowest BCUT2D eigenvalue weighted by atomic mass is 10.0. The summed E-state index contributed by atoms with van der Waals surface area (Å²) in [5.41, 5.74) is 5.20. The van der Waals surface area contributed by atoms with Gasteiger partial charge in [0.15, 0.2) is 0 Å². The molecule has 0 heterocycles. The highest BCUT2D eigenvalue weighted by Gasteiger charge is 2.12. The lowest BCUT2D eigenvalue weighted by Crippen LogP contribution is -2.23. The molecule has 4 N–H and O–H groups in total. The Hall–Kier alpha value is -0.870. The second-order valence-corrected chi connectivity index (χ2v) is 6.51. The van der Waals surface area contributed by atoms with E-state index in [1.165, 1.54) is 57.8 Å². The fourth-order valence-corrected chi connectivity index (χ4v) is 2.73. The van der Waals surface area contributed by atoms with Crippen molar-refractivity contribution in [2.24, 2.45) is 5.73 Å². The molecule has 0 rings (SSSR count). The molecule has 1 unspecified atom stereocenters. The molecular weight excluding hydrogens is 290 g/mol. The van der Waals surface area contributed by atoms with E-state index in [9.17, 15) is 9.90 Å². The number of aliphatic hydroxyl groups excluding tert-OH is 2. The maximum absolute atomic E-state index is 10.8. The van der Waals surface area contributed by atoms with Gasteiger partial charge < -0.3 is 15.9 Å². The van der Waals surface area contributed by atoms with E-state index in [2.05, 4.69) is 6.58 Å². The van der Waals surface area contributed by atoms with Crippen molar-refractivity contribution >= 4 is 5.91 Å². The molecule has 0 aromatic heterocycles. The lowest BCUT2D eigenvalue weighted by molar-refractivity contribution is -0.115. The molecule has 0 aliphatic rings. The zero-order valence-electron chi connectivity index (χ0n) is 14.8. The number of nitrogens with two attached hydrogens (primary N) is 1. The molecule has 4 nitrogen and oxygen atoms in total. The van der Waals surface area contributed by atoms with Crippen molar-refractivity contribution in [2.75, 3.05) is 6.61 Å². The van der Waals surface area contributed by atoms with Gasteiger partial charge in [-0.25, -0.2) is 0 Å². The van der Waals surface area contributed by atoms with E-state index >= 15 is 0 Å². The SMILES string of the molecule is C=C(C(N)=O)C(O)CCCCCCCCCCCCCCCO. The Bertz CT molecular complexity index is 305. The van der Waals surface area contributed by atoms with Gasteiger partial charge in [-0.05, 0) is 12.8 Å². The maximum atomic E-state index is 10.8. The molecule has 23 heavy (non-hydrogen) atoms. The zero-order chi connectivity index (χ0) is 17.3. The number of carbonyl (C=O) groups excluding carboxylic acids is 1. The maximum Gasteiger partial charge on any atom is 0.246 e. The first kappa shape index (κ1) is 22.1. The number of rotatable bonds is 17. The summed E-state index contributed by atoms with van der Waals surface area (Å²) < 4.78 is 0. The molecule has 0 aliphatic heterocycles. The largest absolute Gasteiger partial charge is 0.396 e. The van der Waals surface area contributed by atoms with E-state index in [-0.39, 0.29) is 5.57 Å². The van der Waals surface area contributed by atoms with Crippen LogP contribution in [-0.2, 0) is 4.79 Å². The van der Waals surface area contributed by atoms with E-state index in [0.717, 1.165) is 25.7 Å². The molecule has 0 aliphatic carbocycles. The molecule has 0 radical (unpaired) electrons. The van der Waals surface area contributed by atoms with Gasteiger partial charge >= 0.3 is 0 Å². The van der Waals surface area contributed by atoms with Crippen LogP contribution in [0, 0.1) is 0 Å². The summed E-state index contributed by atoms with van der Waals surface area (Å²) in [4.78, 5) is 10.8. The van der Waals surface area contributed by atoms with Crippen LogP contribution in [0.3, 0.4) is 0 Å². The van der Waals surface area contributed by atoms with Gasteiger partial charge in [0.25, 0.3) is 0 Å². The Morgan fingerprint density at radius 1 is 0.783 bits per heavy atom. The summed E-state index contributed by atoms with van der Waals surface area (Å²) in [5, 5.41) is 18.3. The van der Waals surface area contributed by atoms with Crippen molar-refractivity contribution < 1.29 is 15.0 Å². The Kier molecular flexibility index (Phi) is 15.4. The van der Waals surface area contributed by atoms with Crippen LogP contribution in [0.1, 0.15) is 89.9 Å². The minimum absolute atomic E-state index is 0.126. The van der Waals surface area contributed by atoms with Crippen molar-refractivity contribution in [2.45, 2.75) is 96.0 Å². The van der Waals surface area contributed by atoms with Crippen molar-refractivity contribution in [3.8, 4) is 0 Å². The van der Waals surface area contributed by atoms with E-state index in [0.29, 0.717) is 13.0 Å². The molecule has 4 heteroatoms. The number of amides is 1. The first-order chi connectivity index (χ1) is 11.1. The first-order valence-electron chi connectivity index (χ1n) is 9.37. The van der Waals surface area contributed by atoms with Gasteiger partial charge in [0, 0.05) is 12.2 Å². The van der Waals surface area contributed by atoms with Gasteiger partial charge in [-0.3, -0.25) is 4.79 Å². The molecular formula is C19H37NO3. The molecule has 0 aromatic rings. The minimum atomic E-state index is -0.773. The van der Waals surface area contributed by atoms with Crippen molar-refractivity contribution in [3.05, 3.63) is 12.2 Å². The molecule has 0 aromatic carbocycles. The summed E-state index contributed by atoms with van der Waals surface area (Å²) >= 11 is 0. The molecule has 0 saturated heterocycles. The molecule has 136 valence electrons. The summed E-state index contributed by atoms with van der Waals surface area (Å²) in [7, 11) is 0. The van der Waals surface area contributed by atoms with Crippen LogP contribution in [0.4, 0.5) is 0 Å². The van der Waals surface area contributed by atoms with Crippen LogP contribution in [0.2, 0.25) is 0 Å². The highest BCUT2D eigenvalue weighted by molar-refractivity contribution is 5.92. The average Bonchev–Trinajstić information content (AvgIpc) is 2.54. The topological polar surface area (TPSA) is 83.6 Å². The van der Waals surface area contributed by atoms with Gasteiger partial charge in [0.05, 0.1) is 6.10 Å². The Labute approximate surface area is 142 Å². The van der Waals surface area contributed by atoms with Gasteiger partial charge in [0.1, 0.15) is 0 Å². The Balaban J connectivity index is 3.19. The molecule has 0 bridgehead atoms. The lowest BCUT2D eigenvalue weighted by Gasteiger charge is -2.10. The number of primary amides is 1. The third kappa shape index (κ3) is 14.5. The molecule has 0 saturated carbocycles. The second-order valence-electron chi connectivity index (χ2n) is 6.51. The average molecular weight is 328 g/mol. The highest BCUT2D eigenvalue weighted by Crippen LogP contribution is 2.14. The fraction of sp³-hybridized carbons (Fsp3) is 0.842. The molecule has 1 amide bonds. The van der Waals surface area contributed by atoms with Crippen LogP contribution < -0.4 is 5.73 Å². The van der Waals surface area contributed by atoms with Gasteiger partial charge in [-0.2, -0.15) is 0 Å². The molecule has 0 spiro atoms. The summed E-state index contributed by atoms with van der Waals surface area (Å²) in [5.74, 6) is -0.606. The van der Waals surface area contributed by atoms with Crippen molar-refractivity contribution in [1.82, 2.24) is 0 Å². The number of carbonyl (C=O) groups is 1. The highest BCUT2D eigenvalue weighted by atomic mass is 16.3. The normalized spacial score (nSPS) is 12.3. The van der Waals surface area contributed by atoms with Crippen LogP contribution in [0.5, 0.6) is 0 Å². The second kappa shape index (κ2) is 16.0. The number of aliphatic hydroxyl groups is 2. The molecule has 1 atom stereocenters. The Morgan fingerprint density at radius 2 is 1.13 bits per heavy atom. The van der Waals surface area contributed by atoms with Crippen LogP contribution >= 0.6 is 0 Å². The number of unbranched alkanes of at least 4 members (excludes halogenated alkanes) is 12. The standard InChI is InChI=1S/C19H37NO3/c1-17(19(20)23)18(22)15-13-11-9-7-5-3-2-4-6-8-10-12-14-16-21/h18,21-22H,1-16H2,(H2,20,23). The summed E-state index contributed by atoms with van der Waals surface area (Å²) in [6.45, 7) is 3.84. The Morgan fingerprint density at radius 3 is 1.48 bits per heavy atom. The monoisotopic (exact) mass is 327 g/mol. The predicted octanol–water partition coefficient (Wildman–Crippen LogP) is 3.84. The van der Waals surface area contributed by atoms with Gasteiger partial charge in [-0.15, -0.1) is 0 Å².